The van der Waals surface area contributed by atoms with Crippen LogP contribution in [0.4, 0.5) is 16.6 Å². The number of hydrogen-bond donors (Lipinski definition) is 2. The van der Waals surface area contributed by atoms with Crippen molar-refractivity contribution in [3.63, 3.8) is 0 Å². The van der Waals surface area contributed by atoms with Gasteiger partial charge in [-0.25, -0.2) is 9.78 Å². The number of aryl methyl sites for hydroxylation is 1. The van der Waals surface area contributed by atoms with Gasteiger partial charge in [-0.3, -0.25) is 0 Å². The Hall–Kier alpha value is -2.09. The topological polar surface area (TPSA) is 111 Å². The molecule has 4 N–H and O–H groups in total. The van der Waals surface area contributed by atoms with Gasteiger partial charge >= 0.3 is 6.09 Å². The van der Waals surface area contributed by atoms with E-state index in [2.05, 4.69) is 21.8 Å². The lowest BCUT2D eigenvalue weighted by Gasteiger charge is -2.38. The summed E-state index contributed by atoms with van der Waals surface area (Å²) in [5, 5.41) is 0. The fourth-order valence-electron chi connectivity index (χ4n) is 4.52. The summed E-state index contributed by atoms with van der Waals surface area (Å²) in [6, 6.07) is 0.691. The summed E-state index contributed by atoms with van der Waals surface area (Å²) in [7, 11) is 1.46. The molecule has 2 unspecified atom stereocenters. The molecule has 0 radical (unpaired) electrons. The third kappa shape index (κ3) is 4.43. The van der Waals surface area contributed by atoms with E-state index in [1.165, 1.54) is 13.5 Å². The quantitative estimate of drug-likeness (QED) is 0.806. The van der Waals surface area contributed by atoms with Gasteiger partial charge in [0.2, 0.25) is 5.95 Å². The molecule has 150 valence electrons. The van der Waals surface area contributed by atoms with Crippen molar-refractivity contribution in [3.05, 3.63) is 11.3 Å². The number of likely N-dealkylation sites (N-methyl/N-ethyl adjacent to an activating group) is 1. The number of piperidine rings is 1. The van der Waals surface area contributed by atoms with E-state index in [-0.39, 0.29) is 18.1 Å². The zero-order chi connectivity index (χ0) is 19.4. The lowest BCUT2D eigenvalue weighted by atomic mass is 9.90. The number of carbonyl (C=O) groups is 1. The Kier molecular flexibility index (Phi) is 6.36. The van der Waals surface area contributed by atoms with Crippen LogP contribution in [0.25, 0.3) is 0 Å². The summed E-state index contributed by atoms with van der Waals surface area (Å²) in [6.07, 6.45) is 6.85. The van der Waals surface area contributed by atoms with Gasteiger partial charge in [0.05, 0.1) is 12.8 Å². The van der Waals surface area contributed by atoms with Crippen molar-refractivity contribution in [3.8, 4) is 0 Å². The Morgan fingerprint density at radius 3 is 2.85 bits per heavy atom. The van der Waals surface area contributed by atoms with Gasteiger partial charge in [0, 0.05) is 30.7 Å². The molecule has 0 bridgehead atoms. The molecule has 27 heavy (non-hydrogen) atoms. The number of amides is 1. The van der Waals surface area contributed by atoms with Crippen molar-refractivity contribution in [2.45, 2.75) is 64.0 Å². The SMILES string of the molecule is CCN(CCC1CCCCN1C(=O)OC)C1CCc2nc(N)nc(N)c2C1. The van der Waals surface area contributed by atoms with E-state index in [4.69, 9.17) is 16.2 Å². The van der Waals surface area contributed by atoms with Gasteiger partial charge in [-0.05, 0) is 51.5 Å². The maximum atomic E-state index is 12.0. The van der Waals surface area contributed by atoms with E-state index in [1.807, 2.05) is 4.90 Å². The van der Waals surface area contributed by atoms with Crippen LogP contribution in [-0.4, -0.2) is 64.7 Å². The maximum absolute atomic E-state index is 12.0. The summed E-state index contributed by atoms with van der Waals surface area (Å²) in [5.74, 6) is 0.777. The van der Waals surface area contributed by atoms with Crippen LogP contribution in [0.15, 0.2) is 0 Å². The predicted molar refractivity (Wildman–Crippen MR) is 105 cm³/mol. The second-order valence-electron chi connectivity index (χ2n) is 7.52. The highest BCUT2D eigenvalue weighted by Crippen LogP contribution is 2.28. The number of ether oxygens (including phenoxy) is 1. The number of nitrogens with two attached hydrogens (primary N) is 2. The van der Waals surface area contributed by atoms with Gasteiger partial charge in [0.25, 0.3) is 0 Å². The van der Waals surface area contributed by atoms with Crippen LogP contribution in [0.1, 0.15) is 50.3 Å². The lowest BCUT2D eigenvalue weighted by Crippen LogP contribution is -2.47. The number of likely N-dealkylation sites (tertiary alicyclic amines) is 1. The Morgan fingerprint density at radius 2 is 2.11 bits per heavy atom. The van der Waals surface area contributed by atoms with Crippen molar-refractivity contribution in [1.29, 1.82) is 0 Å². The molecular formula is C19H32N6O2. The monoisotopic (exact) mass is 376 g/mol. The third-order valence-electron chi connectivity index (χ3n) is 6.00. The normalized spacial score (nSPS) is 22.6. The average Bonchev–Trinajstić information content (AvgIpc) is 2.68. The van der Waals surface area contributed by atoms with Gasteiger partial charge in [0.15, 0.2) is 0 Å². The molecule has 2 aliphatic rings. The van der Waals surface area contributed by atoms with E-state index < -0.39 is 0 Å². The fourth-order valence-corrected chi connectivity index (χ4v) is 4.52. The highest BCUT2D eigenvalue weighted by Gasteiger charge is 2.30. The molecule has 8 heteroatoms. The minimum absolute atomic E-state index is 0.197. The van der Waals surface area contributed by atoms with Crippen LogP contribution in [-0.2, 0) is 17.6 Å². The third-order valence-corrected chi connectivity index (χ3v) is 6.00. The molecule has 2 atom stereocenters. The molecule has 1 aliphatic heterocycles. The molecule has 1 saturated heterocycles. The van der Waals surface area contributed by atoms with Crippen molar-refractivity contribution < 1.29 is 9.53 Å². The highest BCUT2D eigenvalue weighted by molar-refractivity contribution is 5.67. The number of methoxy groups -OCH3 is 1. The lowest BCUT2D eigenvalue weighted by molar-refractivity contribution is 0.0788. The summed E-state index contributed by atoms with van der Waals surface area (Å²) < 4.78 is 4.97. The number of carbonyl (C=O) groups excluding carboxylic acids is 1. The van der Waals surface area contributed by atoms with Crippen molar-refractivity contribution in [2.75, 3.05) is 38.2 Å². The number of hydrogen-bond acceptors (Lipinski definition) is 7. The minimum atomic E-state index is -0.197. The van der Waals surface area contributed by atoms with E-state index in [0.717, 1.165) is 69.4 Å². The molecule has 0 spiro atoms. The molecule has 2 heterocycles. The van der Waals surface area contributed by atoms with E-state index >= 15 is 0 Å². The average molecular weight is 377 g/mol. The number of nitrogens with zero attached hydrogens (tertiary/aromatic N) is 4. The molecule has 1 aromatic heterocycles. The molecule has 0 saturated carbocycles. The first-order chi connectivity index (χ1) is 13.0. The van der Waals surface area contributed by atoms with Gasteiger partial charge in [-0.15, -0.1) is 0 Å². The first-order valence-electron chi connectivity index (χ1n) is 10.0. The molecule has 3 rings (SSSR count). The van der Waals surface area contributed by atoms with Crippen molar-refractivity contribution in [2.24, 2.45) is 0 Å². The van der Waals surface area contributed by atoms with E-state index in [9.17, 15) is 4.79 Å². The standard InChI is InChI=1S/C19H32N6O2/c1-3-24(11-9-13-6-4-5-10-25(13)19(26)27-2)14-7-8-16-15(12-14)17(20)23-18(21)22-16/h13-14H,3-12H2,1-2H3,(H4,20,21,22,23). The number of rotatable bonds is 5. The Bertz CT molecular complexity index is 668. The molecule has 1 fully saturated rings. The minimum Gasteiger partial charge on any atom is -0.453 e. The van der Waals surface area contributed by atoms with Crippen LogP contribution >= 0.6 is 0 Å². The van der Waals surface area contributed by atoms with Crippen LogP contribution in [0, 0.1) is 0 Å². The van der Waals surface area contributed by atoms with E-state index in [1.54, 1.807) is 0 Å². The number of anilines is 2. The zero-order valence-electron chi connectivity index (χ0n) is 16.5. The van der Waals surface area contributed by atoms with Crippen LogP contribution in [0.3, 0.4) is 0 Å². The molecule has 1 aliphatic carbocycles. The maximum Gasteiger partial charge on any atom is 0.409 e. The summed E-state index contributed by atoms with van der Waals surface area (Å²) in [5.41, 5.74) is 13.9. The smallest absolute Gasteiger partial charge is 0.409 e. The summed E-state index contributed by atoms with van der Waals surface area (Å²) >= 11 is 0. The number of fused-ring (bicyclic) bond motifs is 1. The molecule has 1 amide bonds. The number of aromatic nitrogens is 2. The van der Waals surface area contributed by atoms with Crippen molar-refractivity contribution >= 4 is 17.9 Å². The molecule has 0 aromatic carbocycles. The van der Waals surface area contributed by atoms with Crippen molar-refractivity contribution in [1.82, 2.24) is 19.8 Å². The molecule has 1 aromatic rings. The van der Waals surface area contributed by atoms with E-state index in [0.29, 0.717) is 11.9 Å². The first kappa shape index (κ1) is 19.7. The molecular weight excluding hydrogens is 344 g/mol. The van der Waals surface area contributed by atoms with Gasteiger partial charge in [0.1, 0.15) is 5.82 Å². The van der Waals surface area contributed by atoms with Gasteiger partial charge in [-0.1, -0.05) is 6.92 Å². The Balaban J connectivity index is 1.63. The fraction of sp³-hybridized carbons (Fsp3) is 0.737. The number of nitrogen functional groups attached to an aromatic ring is 2. The predicted octanol–water partition coefficient (Wildman–Crippen LogP) is 1.83. The highest BCUT2D eigenvalue weighted by atomic mass is 16.5. The second kappa shape index (κ2) is 8.73. The first-order valence-corrected chi connectivity index (χ1v) is 10.0. The van der Waals surface area contributed by atoms with Gasteiger partial charge < -0.3 is 26.0 Å². The molecule has 8 nitrogen and oxygen atoms in total. The Morgan fingerprint density at radius 1 is 1.30 bits per heavy atom. The van der Waals surface area contributed by atoms with Crippen LogP contribution in [0.2, 0.25) is 0 Å². The van der Waals surface area contributed by atoms with Crippen LogP contribution < -0.4 is 11.5 Å². The van der Waals surface area contributed by atoms with Crippen LogP contribution in [0.5, 0.6) is 0 Å². The second-order valence-corrected chi connectivity index (χ2v) is 7.52. The summed E-state index contributed by atoms with van der Waals surface area (Å²) in [6.45, 7) is 4.93. The Labute approximate surface area is 161 Å². The largest absolute Gasteiger partial charge is 0.453 e. The zero-order valence-corrected chi connectivity index (χ0v) is 16.5. The summed E-state index contributed by atoms with van der Waals surface area (Å²) in [4.78, 5) is 25.0. The van der Waals surface area contributed by atoms with Gasteiger partial charge in [-0.2, -0.15) is 4.98 Å².